The lowest BCUT2D eigenvalue weighted by Gasteiger charge is -2.43. The van der Waals surface area contributed by atoms with Gasteiger partial charge in [0.1, 0.15) is 12.1 Å². The summed E-state index contributed by atoms with van der Waals surface area (Å²) in [4.78, 5) is 24.7. The number of H-pyrrole nitrogens is 1. The number of aromatic nitrogens is 2. The van der Waals surface area contributed by atoms with Crippen LogP contribution in [0.1, 0.15) is 40.5 Å². The van der Waals surface area contributed by atoms with Crippen LogP contribution in [0.3, 0.4) is 0 Å². The van der Waals surface area contributed by atoms with Gasteiger partial charge in [0.15, 0.2) is 5.82 Å². The largest absolute Gasteiger partial charge is 0.377 e. The molecule has 0 spiro atoms. The fraction of sp³-hybridized carbons (Fsp3) is 0.481. The van der Waals surface area contributed by atoms with E-state index in [1.54, 1.807) is 12.1 Å². The summed E-state index contributed by atoms with van der Waals surface area (Å²) in [6.07, 6.45) is 6.24. The Balaban J connectivity index is 0.000000850. The van der Waals surface area contributed by atoms with E-state index in [4.69, 9.17) is 9.54 Å². The number of carbonyl (C=O) groups excluding carboxylic acids is 1. The van der Waals surface area contributed by atoms with Gasteiger partial charge in [0, 0.05) is 47.5 Å². The van der Waals surface area contributed by atoms with E-state index in [0.717, 1.165) is 53.7 Å². The van der Waals surface area contributed by atoms with Gasteiger partial charge in [-0.2, -0.15) is 8.42 Å². The van der Waals surface area contributed by atoms with Crippen LogP contribution in [-0.4, -0.2) is 80.9 Å². The first-order valence-electron chi connectivity index (χ1n) is 13.2. The number of nitrogens with zero attached hydrogens (tertiary/aromatic N) is 3. The van der Waals surface area contributed by atoms with E-state index in [-0.39, 0.29) is 17.6 Å². The highest BCUT2D eigenvalue weighted by molar-refractivity contribution is 7.92. The molecule has 0 aliphatic carbocycles. The molecule has 12 nitrogen and oxygen atoms in total. The van der Waals surface area contributed by atoms with E-state index in [2.05, 4.69) is 58.6 Å². The molecule has 2 unspecified atom stereocenters. The predicted molar refractivity (Wildman–Crippen MR) is 165 cm³/mol. The summed E-state index contributed by atoms with van der Waals surface area (Å²) >= 11 is 0. The third kappa shape index (κ3) is 9.61. The number of rotatable bonds is 8. The number of nitrogens with one attached hydrogen (secondary N) is 3. The number of hydrogen-bond donors (Lipinski definition) is 4. The summed E-state index contributed by atoms with van der Waals surface area (Å²) in [6, 6.07) is 11.2. The number of aromatic amines is 1. The molecule has 1 aromatic carbocycles. The van der Waals surface area contributed by atoms with Crippen LogP contribution < -0.4 is 19.8 Å². The summed E-state index contributed by atoms with van der Waals surface area (Å²) < 4.78 is 51.6. The van der Waals surface area contributed by atoms with Crippen molar-refractivity contribution in [3.05, 3.63) is 42.6 Å². The Morgan fingerprint density at radius 1 is 1.17 bits per heavy atom. The number of anilines is 4. The second-order valence-electron chi connectivity index (χ2n) is 11.2. The van der Waals surface area contributed by atoms with Crippen molar-refractivity contribution >= 4 is 60.3 Å². The van der Waals surface area contributed by atoms with Crippen LogP contribution in [0.5, 0.6) is 0 Å². The van der Waals surface area contributed by atoms with Gasteiger partial charge in [0.25, 0.3) is 10.1 Å². The van der Waals surface area contributed by atoms with E-state index in [0.29, 0.717) is 24.9 Å². The highest BCUT2D eigenvalue weighted by Crippen LogP contribution is 2.34. The number of hydrogen-bond acceptors (Lipinski definition) is 9. The van der Waals surface area contributed by atoms with Gasteiger partial charge in [-0.15, -0.1) is 0 Å². The minimum absolute atomic E-state index is 0.0990. The first-order valence-corrected chi connectivity index (χ1v) is 17.0. The van der Waals surface area contributed by atoms with Gasteiger partial charge in [0.05, 0.1) is 24.2 Å². The van der Waals surface area contributed by atoms with E-state index >= 15 is 0 Å². The number of pyridine rings is 1. The Bertz CT molecular complexity index is 1560. The van der Waals surface area contributed by atoms with Crippen molar-refractivity contribution < 1.29 is 26.2 Å². The quantitative estimate of drug-likeness (QED) is 0.219. The lowest BCUT2D eigenvalue weighted by Crippen LogP contribution is -2.51. The second kappa shape index (κ2) is 12.7. The Labute approximate surface area is 242 Å². The number of piperidine rings is 1. The zero-order valence-electron chi connectivity index (χ0n) is 24.2. The van der Waals surface area contributed by atoms with Crippen LogP contribution in [-0.2, 0) is 24.9 Å². The van der Waals surface area contributed by atoms with Crippen molar-refractivity contribution in [1.82, 2.24) is 9.97 Å². The maximum Gasteiger partial charge on any atom is 0.261 e. The van der Waals surface area contributed by atoms with E-state index in [1.165, 1.54) is 0 Å². The van der Waals surface area contributed by atoms with E-state index in [1.807, 2.05) is 24.4 Å². The minimum atomic E-state index is -3.67. The van der Waals surface area contributed by atoms with Crippen LogP contribution >= 0.6 is 0 Å². The van der Waals surface area contributed by atoms with Gasteiger partial charge in [-0.25, -0.2) is 13.4 Å². The van der Waals surface area contributed by atoms with Gasteiger partial charge in [0.2, 0.25) is 10.0 Å². The third-order valence-electron chi connectivity index (χ3n) is 6.34. The summed E-state index contributed by atoms with van der Waals surface area (Å²) in [6.45, 7) is 10.00. The summed E-state index contributed by atoms with van der Waals surface area (Å²) in [7, 11) is -7.02. The monoisotopic (exact) mass is 608 g/mol. The smallest absolute Gasteiger partial charge is 0.261 e. The lowest BCUT2D eigenvalue weighted by molar-refractivity contribution is -0.109. The fourth-order valence-corrected chi connectivity index (χ4v) is 5.50. The lowest BCUT2D eigenvalue weighted by atomic mass is 9.96. The molecular weight excluding hydrogens is 568 g/mol. The maximum absolute atomic E-state index is 12.2. The topological polar surface area (TPSA) is 165 Å². The molecule has 1 aliphatic heterocycles. The van der Waals surface area contributed by atoms with Gasteiger partial charge >= 0.3 is 0 Å². The summed E-state index contributed by atoms with van der Waals surface area (Å²) in [5.41, 5.74) is 2.29. The number of benzene rings is 1. The van der Waals surface area contributed by atoms with E-state index in [9.17, 15) is 21.6 Å². The predicted octanol–water partition coefficient (Wildman–Crippen LogP) is 3.71. The number of aldehydes is 1. The SMILES string of the molecule is CCN(c1ncccc1NC(C)(C)C)C1CCN(c2cc3cc(NS(C)(=O)=O)ccc3[nH]2)C(C=O)C1.CS(=O)(=O)O. The zero-order valence-corrected chi connectivity index (χ0v) is 25.9. The molecule has 1 aliphatic rings. The van der Waals surface area contributed by atoms with Gasteiger partial charge in [-0.3, -0.25) is 9.27 Å². The molecule has 0 saturated carbocycles. The standard InChI is InChI=1S/C26H36N6O3S.CH4O3S/c1-6-31(25-23(8-7-12-27-25)29-26(2,3)4)20-11-13-32(21(16-20)17-33)24-15-18-14-19(30-36(5,34)35)9-10-22(18)28-24;1-5(2,3)4/h7-10,12,14-15,17,20-21,28-30H,6,11,13,16H2,1-5H3;1H3,(H,2,3,4). The second-order valence-corrected chi connectivity index (χ2v) is 14.4. The molecule has 0 amide bonds. The highest BCUT2D eigenvalue weighted by Gasteiger charge is 2.33. The molecule has 0 radical (unpaired) electrons. The molecule has 4 N–H and O–H groups in total. The molecule has 4 rings (SSSR count). The highest BCUT2D eigenvalue weighted by atomic mass is 32.2. The normalized spacial score (nSPS) is 17.9. The zero-order chi connectivity index (χ0) is 30.6. The van der Waals surface area contributed by atoms with Gasteiger partial charge in [-0.1, -0.05) is 0 Å². The molecule has 3 aromatic rings. The number of sulfonamides is 1. The van der Waals surface area contributed by atoms with Crippen LogP contribution in [0.25, 0.3) is 10.9 Å². The van der Waals surface area contributed by atoms with Crippen LogP contribution in [0.15, 0.2) is 42.6 Å². The Kier molecular flexibility index (Phi) is 9.93. The van der Waals surface area contributed by atoms with Crippen LogP contribution in [0, 0.1) is 0 Å². The van der Waals surface area contributed by atoms with Crippen molar-refractivity contribution in [1.29, 1.82) is 0 Å². The molecule has 2 atom stereocenters. The molecule has 0 bridgehead atoms. The van der Waals surface area contributed by atoms with Crippen LogP contribution in [0.2, 0.25) is 0 Å². The Morgan fingerprint density at radius 2 is 1.85 bits per heavy atom. The van der Waals surface area contributed by atoms with Crippen molar-refractivity contribution in [2.24, 2.45) is 0 Å². The maximum atomic E-state index is 12.2. The molecule has 2 aromatic heterocycles. The number of fused-ring (bicyclic) bond motifs is 1. The first-order chi connectivity index (χ1) is 19.0. The van der Waals surface area contributed by atoms with E-state index < -0.39 is 20.1 Å². The first kappa shape index (κ1) is 32.2. The van der Waals surface area contributed by atoms with Crippen molar-refractivity contribution in [2.75, 3.05) is 45.4 Å². The molecular formula is C27H40N6O6S2. The average Bonchev–Trinajstić information content (AvgIpc) is 3.25. The van der Waals surface area contributed by atoms with Crippen LogP contribution in [0.4, 0.5) is 23.0 Å². The molecule has 1 fully saturated rings. The number of carbonyl (C=O) groups is 1. The van der Waals surface area contributed by atoms with Gasteiger partial charge in [-0.05, 0) is 76.9 Å². The van der Waals surface area contributed by atoms with Crippen molar-refractivity contribution in [3.63, 3.8) is 0 Å². The molecule has 41 heavy (non-hydrogen) atoms. The summed E-state index contributed by atoms with van der Waals surface area (Å²) in [5.74, 6) is 1.77. The summed E-state index contributed by atoms with van der Waals surface area (Å²) in [5, 5.41) is 4.45. The molecule has 14 heteroatoms. The fourth-order valence-electron chi connectivity index (χ4n) is 4.95. The van der Waals surface area contributed by atoms with Crippen molar-refractivity contribution in [3.8, 4) is 0 Å². The Morgan fingerprint density at radius 3 is 2.44 bits per heavy atom. The molecule has 3 heterocycles. The average molecular weight is 609 g/mol. The minimum Gasteiger partial charge on any atom is -0.377 e. The molecule has 226 valence electrons. The van der Waals surface area contributed by atoms with Crippen molar-refractivity contribution in [2.45, 2.75) is 58.2 Å². The molecule has 1 saturated heterocycles. The third-order valence-corrected chi connectivity index (χ3v) is 6.95. The van der Waals surface area contributed by atoms with Gasteiger partial charge < -0.3 is 24.9 Å². The Hall–Kier alpha value is -3.36.